The molecule has 2 rings (SSSR count). The summed E-state index contributed by atoms with van der Waals surface area (Å²) in [6.07, 6.45) is 7.26. The smallest absolute Gasteiger partial charge is 0.0964 e. The average molecular weight is 293 g/mol. The molecule has 21 heavy (non-hydrogen) atoms. The molecule has 0 aliphatic heterocycles. The van der Waals surface area contributed by atoms with Crippen molar-refractivity contribution in [1.29, 1.82) is 0 Å². The Kier molecular flexibility index (Phi) is 6.64. The van der Waals surface area contributed by atoms with Gasteiger partial charge in [0.05, 0.1) is 12.2 Å². The number of nitrogens with one attached hydrogen (secondary N) is 1. The van der Waals surface area contributed by atoms with Crippen LogP contribution in [0.2, 0.25) is 0 Å². The molecule has 0 saturated heterocycles. The summed E-state index contributed by atoms with van der Waals surface area (Å²) in [5.74, 6) is 0.819. The van der Waals surface area contributed by atoms with Crippen molar-refractivity contribution in [2.45, 2.75) is 65.6 Å². The topological polar surface area (TPSA) is 46.0 Å². The number of hydrogen-bond acceptors (Lipinski definition) is 4. The van der Waals surface area contributed by atoms with Crippen LogP contribution in [0.15, 0.2) is 6.20 Å². The normalized spacial score (nSPS) is 15.3. The minimum atomic E-state index is 0.728. The van der Waals surface area contributed by atoms with Gasteiger partial charge in [-0.25, -0.2) is 0 Å². The van der Waals surface area contributed by atoms with E-state index < -0.39 is 0 Å². The van der Waals surface area contributed by atoms with Crippen LogP contribution in [0.3, 0.4) is 0 Å². The van der Waals surface area contributed by atoms with Crippen molar-refractivity contribution in [2.24, 2.45) is 5.92 Å². The molecule has 1 aromatic heterocycles. The molecule has 1 aliphatic rings. The lowest BCUT2D eigenvalue weighted by Crippen LogP contribution is -2.32. The largest absolute Gasteiger partial charge is 0.308 e. The molecule has 1 heterocycles. The fourth-order valence-corrected chi connectivity index (χ4v) is 2.60. The van der Waals surface area contributed by atoms with Gasteiger partial charge in [0.1, 0.15) is 0 Å². The zero-order valence-electron chi connectivity index (χ0n) is 13.9. The van der Waals surface area contributed by atoms with Crippen LogP contribution in [-0.4, -0.2) is 45.6 Å². The van der Waals surface area contributed by atoms with Gasteiger partial charge in [-0.05, 0) is 25.3 Å². The monoisotopic (exact) mass is 293 g/mol. The molecule has 0 bridgehead atoms. The van der Waals surface area contributed by atoms with Crippen molar-refractivity contribution in [3.8, 4) is 0 Å². The zero-order valence-corrected chi connectivity index (χ0v) is 13.9. The first kappa shape index (κ1) is 16.4. The third-order valence-electron chi connectivity index (χ3n) is 4.50. The first-order valence-corrected chi connectivity index (χ1v) is 8.59. The molecule has 1 saturated carbocycles. The number of aromatic nitrogens is 3. The van der Waals surface area contributed by atoms with E-state index in [1.807, 2.05) is 4.68 Å². The zero-order chi connectivity index (χ0) is 15.1. The van der Waals surface area contributed by atoms with Crippen LogP contribution in [0.25, 0.3) is 0 Å². The predicted molar refractivity (Wildman–Crippen MR) is 86.1 cm³/mol. The number of likely N-dealkylation sites (N-methyl/N-ethyl adjacent to an activating group) is 1. The fourth-order valence-electron chi connectivity index (χ4n) is 2.60. The summed E-state index contributed by atoms with van der Waals surface area (Å²) in [5.41, 5.74) is 1.06. The summed E-state index contributed by atoms with van der Waals surface area (Å²) in [6.45, 7) is 12.0. The Morgan fingerprint density at radius 1 is 1.33 bits per heavy atom. The van der Waals surface area contributed by atoms with Gasteiger partial charge in [-0.15, -0.1) is 5.10 Å². The van der Waals surface area contributed by atoms with E-state index in [1.54, 1.807) is 0 Å². The molecule has 0 atom stereocenters. The maximum absolute atomic E-state index is 4.24. The van der Waals surface area contributed by atoms with Crippen molar-refractivity contribution in [3.63, 3.8) is 0 Å². The molecule has 0 amide bonds. The van der Waals surface area contributed by atoms with Crippen LogP contribution in [0.5, 0.6) is 0 Å². The molecule has 120 valence electrons. The van der Waals surface area contributed by atoms with Crippen molar-refractivity contribution in [2.75, 3.05) is 19.6 Å². The second-order valence-corrected chi connectivity index (χ2v) is 6.20. The summed E-state index contributed by atoms with van der Waals surface area (Å²) in [7, 11) is 0. The summed E-state index contributed by atoms with van der Waals surface area (Å²) in [6, 6.07) is 0.728. The molecule has 5 heteroatoms. The molecular weight excluding hydrogens is 262 g/mol. The lowest BCUT2D eigenvalue weighted by Gasteiger charge is -2.24. The summed E-state index contributed by atoms with van der Waals surface area (Å²) >= 11 is 0. The third-order valence-corrected chi connectivity index (χ3v) is 4.50. The Morgan fingerprint density at radius 2 is 2.10 bits per heavy atom. The van der Waals surface area contributed by atoms with E-state index in [0.29, 0.717) is 0 Å². The van der Waals surface area contributed by atoms with Crippen molar-refractivity contribution < 1.29 is 0 Å². The quantitative estimate of drug-likeness (QED) is 0.680. The van der Waals surface area contributed by atoms with Crippen LogP contribution in [-0.2, 0) is 13.1 Å². The van der Waals surface area contributed by atoms with Gasteiger partial charge in [-0.1, -0.05) is 38.8 Å². The Bertz CT molecular complexity index is 395. The molecule has 1 fully saturated rings. The summed E-state index contributed by atoms with van der Waals surface area (Å²) < 4.78 is 1.99. The van der Waals surface area contributed by atoms with Gasteiger partial charge in [-0.3, -0.25) is 4.68 Å². The molecule has 0 unspecified atom stereocenters. The van der Waals surface area contributed by atoms with E-state index in [-0.39, 0.29) is 0 Å². The van der Waals surface area contributed by atoms with Gasteiger partial charge in [0.15, 0.2) is 0 Å². The van der Waals surface area contributed by atoms with Crippen LogP contribution in [0, 0.1) is 5.92 Å². The van der Waals surface area contributed by atoms with E-state index in [1.165, 1.54) is 32.2 Å². The van der Waals surface area contributed by atoms with Gasteiger partial charge < -0.3 is 10.2 Å². The first-order valence-electron chi connectivity index (χ1n) is 8.59. The summed E-state index contributed by atoms with van der Waals surface area (Å²) in [5, 5.41) is 12.0. The molecule has 0 aromatic carbocycles. The lowest BCUT2D eigenvalue weighted by molar-refractivity contribution is 0.222. The molecule has 0 radical (unpaired) electrons. The van der Waals surface area contributed by atoms with Crippen molar-refractivity contribution in [3.05, 3.63) is 11.9 Å². The Morgan fingerprint density at radius 3 is 2.71 bits per heavy atom. The number of hydrogen-bond donors (Lipinski definition) is 1. The standard InChI is InChI=1S/C16H31N5/c1-4-14(5-2)12-20(6-3)9-10-21-13-16(18-19-21)11-17-15-7-8-15/h13-15,17H,4-12H2,1-3H3. The Labute approximate surface area is 129 Å². The van der Waals surface area contributed by atoms with E-state index in [9.17, 15) is 0 Å². The van der Waals surface area contributed by atoms with Crippen LogP contribution in [0.1, 0.15) is 52.1 Å². The molecule has 1 aliphatic carbocycles. The minimum absolute atomic E-state index is 0.728. The second kappa shape index (κ2) is 8.49. The van der Waals surface area contributed by atoms with Gasteiger partial charge in [0.2, 0.25) is 0 Å². The maximum atomic E-state index is 4.24. The van der Waals surface area contributed by atoms with E-state index in [4.69, 9.17) is 0 Å². The van der Waals surface area contributed by atoms with Crippen LogP contribution in [0.4, 0.5) is 0 Å². The van der Waals surface area contributed by atoms with Gasteiger partial charge in [0.25, 0.3) is 0 Å². The van der Waals surface area contributed by atoms with Crippen LogP contribution < -0.4 is 5.32 Å². The van der Waals surface area contributed by atoms with Gasteiger partial charge in [0, 0.05) is 31.9 Å². The van der Waals surface area contributed by atoms with E-state index in [2.05, 4.69) is 47.5 Å². The first-order chi connectivity index (χ1) is 10.2. The predicted octanol–water partition coefficient (Wildman–Crippen LogP) is 2.29. The maximum Gasteiger partial charge on any atom is 0.0964 e. The highest BCUT2D eigenvalue weighted by Crippen LogP contribution is 2.18. The highest BCUT2D eigenvalue weighted by molar-refractivity contribution is 4.94. The second-order valence-electron chi connectivity index (χ2n) is 6.20. The molecular formula is C16H31N5. The Balaban J connectivity index is 1.72. The van der Waals surface area contributed by atoms with Crippen molar-refractivity contribution in [1.82, 2.24) is 25.2 Å². The lowest BCUT2D eigenvalue weighted by atomic mass is 10.0. The number of nitrogens with zero attached hydrogens (tertiary/aromatic N) is 4. The van der Waals surface area contributed by atoms with Gasteiger partial charge in [-0.2, -0.15) is 0 Å². The van der Waals surface area contributed by atoms with Crippen LogP contribution >= 0.6 is 0 Å². The average Bonchev–Trinajstić information content (AvgIpc) is 3.24. The van der Waals surface area contributed by atoms with Crippen molar-refractivity contribution >= 4 is 0 Å². The molecule has 1 N–H and O–H groups in total. The fraction of sp³-hybridized carbons (Fsp3) is 0.875. The molecule has 0 spiro atoms. The SMILES string of the molecule is CCC(CC)CN(CC)CCn1cc(CNC2CC2)nn1. The van der Waals surface area contributed by atoms with E-state index >= 15 is 0 Å². The Hall–Kier alpha value is -0.940. The number of rotatable bonds is 11. The molecule has 5 nitrogen and oxygen atoms in total. The summed E-state index contributed by atoms with van der Waals surface area (Å²) in [4.78, 5) is 2.53. The van der Waals surface area contributed by atoms with Gasteiger partial charge >= 0.3 is 0 Å². The molecule has 1 aromatic rings. The van der Waals surface area contributed by atoms with E-state index in [0.717, 1.165) is 43.8 Å². The third kappa shape index (κ3) is 5.75. The highest BCUT2D eigenvalue weighted by Gasteiger charge is 2.20. The minimum Gasteiger partial charge on any atom is -0.308 e. The highest BCUT2D eigenvalue weighted by atomic mass is 15.4.